The molecule has 6 nitrogen and oxygen atoms in total. The number of nitrogens with one attached hydrogen (secondary N) is 1. The van der Waals surface area contributed by atoms with Crippen LogP contribution in [-0.4, -0.2) is 28.8 Å². The van der Waals surface area contributed by atoms with Gasteiger partial charge in [0.25, 0.3) is 0 Å². The van der Waals surface area contributed by atoms with E-state index in [4.69, 9.17) is 4.74 Å². The van der Waals surface area contributed by atoms with Crippen molar-refractivity contribution < 1.29 is 14.8 Å². The summed E-state index contributed by atoms with van der Waals surface area (Å²) in [5.74, 6) is 1.93. The summed E-state index contributed by atoms with van der Waals surface area (Å²) in [4.78, 5) is 10.6. The maximum atomic E-state index is 11.0. The number of methoxy groups -OCH3 is 1. The standard InChI is InChI=1S/C17H22N2O4/c1-23-15-6-13(2-3-14(15)19(21)22)18-16-11-4-10-5-12(16)9-17(20,7-10)8-11/h2-3,6,10-12,16,18,20H,4-5,7-9H2,1H3/t10?,11?,12?,16-,17+. The van der Waals surface area contributed by atoms with E-state index < -0.39 is 10.5 Å². The number of nitrogens with zero attached hydrogens (tertiary/aromatic N) is 1. The van der Waals surface area contributed by atoms with Crippen molar-refractivity contribution in [1.82, 2.24) is 0 Å². The molecule has 4 aliphatic carbocycles. The molecule has 0 heterocycles. The van der Waals surface area contributed by atoms with Crippen LogP contribution in [-0.2, 0) is 0 Å². The minimum absolute atomic E-state index is 0.0163. The Hall–Kier alpha value is -1.82. The Morgan fingerprint density at radius 1 is 1.30 bits per heavy atom. The maximum absolute atomic E-state index is 11.0. The molecule has 0 radical (unpaired) electrons. The number of benzene rings is 1. The third-order valence-electron chi connectivity index (χ3n) is 5.95. The van der Waals surface area contributed by atoms with Crippen molar-refractivity contribution in [3.05, 3.63) is 28.3 Å². The number of nitro benzene ring substituents is 1. The van der Waals surface area contributed by atoms with Crippen LogP contribution in [0.15, 0.2) is 18.2 Å². The number of hydrogen-bond donors (Lipinski definition) is 2. The zero-order valence-corrected chi connectivity index (χ0v) is 13.2. The molecular weight excluding hydrogens is 296 g/mol. The summed E-state index contributed by atoms with van der Waals surface area (Å²) in [7, 11) is 1.45. The molecule has 0 spiro atoms. The molecule has 6 heteroatoms. The second-order valence-electron chi connectivity index (χ2n) is 7.51. The molecule has 124 valence electrons. The summed E-state index contributed by atoms with van der Waals surface area (Å²) in [6.07, 6.45) is 5.09. The number of aliphatic hydroxyl groups is 1. The maximum Gasteiger partial charge on any atom is 0.311 e. The Morgan fingerprint density at radius 2 is 2.00 bits per heavy atom. The van der Waals surface area contributed by atoms with Crippen LogP contribution in [0, 0.1) is 27.9 Å². The fraction of sp³-hybridized carbons (Fsp3) is 0.647. The molecule has 4 aliphatic rings. The van der Waals surface area contributed by atoms with Crippen LogP contribution in [0.2, 0.25) is 0 Å². The molecule has 2 unspecified atom stereocenters. The lowest BCUT2D eigenvalue weighted by atomic mass is 9.52. The second-order valence-corrected chi connectivity index (χ2v) is 7.51. The number of anilines is 1. The molecular formula is C17H22N2O4. The highest BCUT2D eigenvalue weighted by Crippen LogP contribution is 2.56. The highest BCUT2D eigenvalue weighted by Gasteiger charge is 2.54. The van der Waals surface area contributed by atoms with E-state index in [-0.39, 0.29) is 11.4 Å². The van der Waals surface area contributed by atoms with Crippen LogP contribution in [0.5, 0.6) is 5.75 Å². The molecule has 4 saturated carbocycles. The van der Waals surface area contributed by atoms with E-state index in [1.54, 1.807) is 12.1 Å². The van der Waals surface area contributed by atoms with Gasteiger partial charge < -0.3 is 15.2 Å². The van der Waals surface area contributed by atoms with E-state index in [0.29, 0.717) is 23.8 Å². The zero-order valence-electron chi connectivity index (χ0n) is 13.2. The summed E-state index contributed by atoms with van der Waals surface area (Å²) in [6.45, 7) is 0. The van der Waals surface area contributed by atoms with Gasteiger partial charge in [-0.2, -0.15) is 0 Å². The van der Waals surface area contributed by atoms with Gasteiger partial charge in [-0.15, -0.1) is 0 Å². The van der Waals surface area contributed by atoms with E-state index in [0.717, 1.165) is 24.9 Å². The third kappa shape index (κ3) is 2.45. The van der Waals surface area contributed by atoms with Gasteiger partial charge in [-0.05, 0) is 55.9 Å². The van der Waals surface area contributed by atoms with Gasteiger partial charge in [0.1, 0.15) is 0 Å². The molecule has 0 saturated heterocycles. The Balaban J connectivity index is 1.56. The summed E-state index contributed by atoms with van der Waals surface area (Å²) < 4.78 is 5.15. The van der Waals surface area contributed by atoms with Gasteiger partial charge in [0.05, 0.1) is 17.6 Å². The van der Waals surface area contributed by atoms with E-state index in [2.05, 4.69) is 5.32 Å². The Labute approximate surface area is 135 Å². The predicted octanol–water partition coefficient (Wildman–Crippen LogP) is 2.95. The van der Waals surface area contributed by atoms with Crippen molar-refractivity contribution in [2.24, 2.45) is 17.8 Å². The summed E-state index contributed by atoms with van der Waals surface area (Å²) in [6, 6.07) is 5.29. The van der Waals surface area contributed by atoms with Crippen molar-refractivity contribution in [3.63, 3.8) is 0 Å². The fourth-order valence-corrected chi connectivity index (χ4v) is 5.33. The Bertz CT molecular complexity index is 631. The van der Waals surface area contributed by atoms with Gasteiger partial charge in [-0.25, -0.2) is 0 Å². The monoisotopic (exact) mass is 318 g/mol. The molecule has 5 rings (SSSR count). The van der Waals surface area contributed by atoms with Crippen LogP contribution >= 0.6 is 0 Å². The molecule has 1 aromatic carbocycles. The number of ether oxygens (including phenoxy) is 1. The molecule has 23 heavy (non-hydrogen) atoms. The normalized spacial score (nSPS) is 37.7. The molecule has 2 atom stereocenters. The van der Waals surface area contributed by atoms with Crippen molar-refractivity contribution in [1.29, 1.82) is 0 Å². The highest BCUT2D eigenvalue weighted by molar-refractivity contribution is 5.58. The van der Waals surface area contributed by atoms with Crippen LogP contribution in [0.4, 0.5) is 11.4 Å². The van der Waals surface area contributed by atoms with Gasteiger partial charge in [0.15, 0.2) is 5.75 Å². The van der Waals surface area contributed by atoms with Gasteiger partial charge >= 0.3 is 5.69 Å². The van der Waals surface area contributed by atoms with Crippen molar-refractivity contribution in [2.75, 3.05) is 12.4 Å². The number of hydrogen-bond acceptors (Lipinski definition) is 5. The minimum atomic E-state index is -0.443. The third-order valence-corrected chi connectivity index (χ3v) is 5.95. The molecule has 0 amide bonds. The summed E-state index contributed by atoms with van der Waals surface area (Å²) >= 11 is 0. The van der Waals surface area contributed by atoms with Gasteiger partial charge in [-0.3, -0.25) is 10.1 Å². The van der Waals surface area contributed by atoms with Crippen molar-refractivity contribution in [2.45, 2.75) is 43.7 Å². The van der Waals surface area contributed by atoms with Crippen LogP contribution in [0.1, 0.15) is 32.1 Å². The average Bonchev–Trinajstić information content (AvgIpc) is 2.48. The zero-order chi connectivity index (χ0) is 16.2. The van der Waals surface area contributed by atoms with E-state index in [1.165, 1.54) is 26.0 Å². The first-order valence-electron chi connectivity index (χ1n) is 8.29. The molecule has 2 N–H and O–H groups in total. The van der Waals surface area contributed by atoms with Gasteiger partial charge in [0, 0.05) is 23.9 Å². The van der Waals surface area contributed by atoms with Crippen LogP contribution < -0.4 is 10.1 Å². The first kappa shape index (κ1) is 14.8. The Morgan fingerprint density at radius 3 is 2.57 bits per heavy atom. The quantitative estimate of drug-likeness (QED) is 0.658. The van der Waals surface area contributed by atoms with Crippen molar-refractivity contribution >= 4 is 11.4 Å². The number of nitro groups is 1. The SMILES string of the molecule is COc1cc(N[C@H]2C3CC4CC2C[C@@](O)(C4)C3)ccc1[N+](=O)[O-]. The lowest BCUT2D eigenvalue weighted by molar-refractivity contribution is -0.385. The van der Waals surface area contributed by atoms with E-state index in [9.17, 15) is 15.2 Å². The topological polar surface area (TPSA) is 84.6 Å². The largest absolute Gasteiger partial charge is 0.490 e. The first-order chi connectivity index (χ1) is 11.0. The van der Waals surface area contributed by atoms with Crippen molar-refractivity contribution in [3.8, 4) is 5.75 Å². The lowest BCUT2D eigenvalue weighted by Gasteiger charge is -2.58. The Kier molecular flexibility index (Phi) is 3.27. The molecule has 4 bridgehead atoms. The van der Waals surface area contributed by atoms with E-state index >= 15 is 0 Å². The van der Waals surface area contributed by atoms with Crippen LogP contribution in [0.3, 0.4) is 0 Å². The molecule has 4 fully saturated rings. The van der Waals surface area contributed by atoms with Gasteiger partial charge in [0.2, 0.25) is 0 Å². The van der Waals surface area contributed by atoms with Gasteiger partial charge in [-0.1, -0.05) is 0 Å². The minimum Gasteiger partial charge on any atom is -0.490 e. The van der Waals surface area contributed by atoms with E-state index in [1.807, 2.05) is 0 Å². The highest BCUT2D eigenvalue weighted by atomic mass is 16.6. The predicted molar refractivity (Wildman–Crippen MR) is 85.6 cm³/mol. The smallest absolute Gasteiger partial charge is 0.311 e. The summed E-state index contributed by atoms with van der Waals surface area (Å²) in [5, 5.41) is 25.2. The molecule has 0 aromatic heterocycles. The first-order valence-corrected chi connectivity index (χ1v) is 8.29. The number of rotatable bonds is 4. The lowest BCUT2D eigenvalue weighted by Crippen LogP contribution is -2.58. The van der Waals surface area contributed by atoms with Crippen LogP contribution in [0.25, 0.3) is 0 Å². The fourth-order valence-electron chi connectivity index (χ4n) is 5.33. The second kappa shape index (κ2) is 5.09. The summed E-state index contributed by atoms with van der Waals surface area (Å²) in [5.41, 5.74) is 0.399. The molecule has 1 aromatic rings. The average molecular weight is 318 g/mol. The molecule has 0 aliphatic heterocycles.